The van der Waals surface area contributed by atoms with Crippen LogP contribution in [0.25, 0.3) is 10.9 Å². The van der Waals surface area contributed by atoms with Crippen molar-refractivity contribution in [3.05, 3.63) is 64.2 Å². The van der Waals surface area contributed by atoms with E-state index in [2.05, 4.69) is 25.7 Å². The molecule has 8 heteroatoms. The van der Waals surface area contributed by atoms with Gasteiger partial charge >= 0.3 is 0 Å². The van der Waals surface area contributed by atoms with Crippen LogP contribution in [0.5, 0.6) is 11.5 Å². The van der Waals surface area contributed by atoms with Crippen molar-refractivity contribution >= 4 is 16.8 Å². The molecule has 4 rings (SSSR count). The zero-order valence-electron chi connectivity index (χ0n) is 21.9. The van der Waals surface area contributed by atoms with Gasteiger partial charge in [-0.25, -0.2) is 4.98 Å². The lowest BCUT2D eigenvalue weighted by Gasteiger charge is -2.43. The molecule has 8 nitrogen and oxygen atoms in total. The number of hydrogen-bond donors (Lipinski definition) is 0. The van der Waals surface area contributed by atoms with Gasteiger partial charge in [-0.1, -0.05) is 26.0 Å². The van der Waals surface area contributed by atoms with Crippen LogP contribution in [0.1, 0.15) is 55.8 Å². The number of aromatic nitrogens is 2. The molecule has 0 N–H and O–H groups in total. The van der Waals surface area contributed by atoms with E-state index >= 15 is 0 Å². The summed E-state index contributed by atoms with van der Waals surface area (Å²) in [4.78, 5) is 36.0. The summed E-state index contributed by atoms with van der Waals surface area (Å²) in [5.41, 5.74) is 1.30. The van der Waals surface area contributed by atoms with E-state index in [0.29, 0.717) is 48.6 Å². The van der Waals surface area contributed by atoms with Crippen LogP contribution in [0.15, 0.2) is 47.3 Å². The van der Waals surface area contributed by atoms with Crippen molar-refractivity contribution in [3.8, 4) is 11.5 Å². The second-order valence-electron chi connectivity index (χ2n) is 9.31. The van der Waals surface area contributed by atoms with Gasteiger partial charge in [0.25, 0.3) is 11.5 Å². The summed E-state index contributed by atoms with van der Waals surface area (Å²) in [6.07, 6.45) is 1.67. The van der Waals surface area contributed by atoms with Gasteiger partial charge in [-0.3, -0.25) is 19.1 Å². The molecule has 36 heavy (non-hydrogen) atoms. The molecular formula is C28H36N4O4. The minimum Gasteiger partial charge on any atom is -0.497 e. The largest absolute Gasteiger partial charge is 0.497 e. The number of amides is 1. The smallest absolute Gasteiger partial charge is 0.261 e. The van der Waals surface area contributed by atoms with Crippen LogP contribution in [0.3, 0.4) is 0 Å². The molecule has 2 atom stereocenters. The summed E-state index contributed by atoms with van der Waals surface area (Å²) in [6, 6.07) is 12.8. The van der Waals surface area contributed by atoms with Gasteiger partial charge in [-0.15, -0.1) is 0 Å². The maximum atomic E-state index is 13.4. The molecule has 0 bridgehead atoms. The molecule has 1 aliphatic rings. The summed E-state index contributed by atoms with van der Waals surface area (Å²) in [6.45, 7) is 8.89. The van der Waals surface area contributed by atoms with E-state index in [0.717, 1.165) is 24.2 Å². The van der Waals surface area contributed by atoms with Crippen LogP contribution in [0.4, 0.5) is 0 Å². The number of carbonyl (C=O) groups excluding carboxylic acids is 1. The molecule has 1 saturated heterocycles. The molecule has 2 unspecified atom stereocenters. The first-order valence-corrected chi connectivity index (χ1v) is 12.7. The number of fused-ring (bicyclic) bond motifs is 1. The molecule has 1 aromatic heterocycles. The molecular weight excluding hydrogens is 456 g/mol. The van der Waals surface area contributed by atoms with Gasteiger partial charge in [0.2, 0.25) is 0 Å². The number of benzene rings is 2. The number of ether oxygens (including phenoxy) is 2. The zero-order valence-corrected chi connectivity index (χ0v) is 21.9. The Kier molecular flexibility index (Phi) is 7.94. The van der Waals surface area contributed by atoms with E-state index in [1.807, 2.05) is 33.7 Å². The fraction of sp³-hybridized carbons (Fsp3) is 0.464. The van der Waals surface area contributed by atoms with Crippen molar-refractivity contribution in [1.29, 1.82) is 0 Å². The number of nitrogens with zero attached hydrogens (tertiary/aromatic N) is 4. The van der Waals surface area contributed by atoms with E-state index in [-0.39, 0.29) is 23.6 Å². The zero-order chi connectivity index (χ0) is 25.8. The summed E-state index contributed by atoms with van der Waals surface area (Å²) < 4.78 is 12.6. The normalized spacial score (nSPS) is 17.2. The van der Waals surface area contributed by atoms with E-state index < -0.39 is 0 Å². The molecule has 1 amide bonds. The monoisotopic (exact) mass is 492 g/mol. The van der Waals surface area contributed by atoms with Crippen molar-refractivity contribution < 1.29 is 14.3 Å². The summed E-state index contributed by atoms with van der Waals surface area (Å²) in [5.74, 6) is 1.95. The second-order valence-corrected chi connectivity index (χ2v) is 9.31. The summed E-state index contributed by atoms with van der Waals surface area (Å²) >= 11 is 0. The average molecular weight is 493 g/mol. The first-order chi connectivity index (χ1) is 17.4. The van der Waals surface area contributed by atoms with Crippen molar-refractivity contribution in [2.24, 2.45) is 0 Å². The highest BCUT2D eigenvalue weighted by Crippen LogP contribution is 2.29. The molecule has 2 heterocycles. The molecule has 0 radical (unpaired) electrons. The number of methoxy groups -OCH3 is 2. The summed E-state index contributed by atoms with van der Waals surface area (Å²) in [7, 11) is 3.16. The number of para-hydroxylation sites is 1. The Labute approximate surface area is 212 Å². The molecule has 0 saturated carbocycles. The summed E-state index contributed by atoms with van der Waals surface area (Å²) in [5, 5.41) is 0.655. The van der Waals surface area contributed by atoms with Crippen molar-refractivity contribution in [1.82, 2.24) is 19.4 Å². The minimum atomic E-state index is -0.0425. The fourth-order valence-electron chi connectivity index (χ4n) is 5.15. The Morgan fingerprint density at radius 3 is 2.39 bits per heavy atom. The van der Waals surface area contributed by atoms with Crippen molar-refractivity contribution in [3.63, 3.8) is 0 Å². The van der Waals surface area contributed by atoms with Crippen LogP contribution in [0, 0.1) is 0 Å². The first kappa shape index (κ1) is 25.7. The predicted molar refractivity (Wildman–Crippen MR) is 141 cm³/mol. The Balaban J connectivity index is 1.60. The Morgan fingerprint density at radius 1 is 1.08 bits per heavy atom. The van der Waals surface area contributed by atoms with Crippen LogP contribution in [-0.4, -0.2) is 65.2 Å². The third-order valence-corrected chi connectivity index (χ3v) is 6.98. The number of piperazine rings is 1. The molecule has 1 aliphatic heterocycles. The van der Waals surface area contributed by atoms with Crippen LogP contribution >= 0.6 is 0 Å². The van der Waals surface area contributed by atoms with Crippen molar-refractivity contribution in [2.75, 3.05) is 33.9 Å². The van der Waals surface area contributed by atoms with Crippen molar-refractivity contribution in [2.45, 2.75) is 52.2 Å². The van der Waals surface area contributed by atoms with Gasteiger partial charge in [0.15, 0.2) is 0 Å². The maximum Gasteiger partial charge on any atom is 0.261 e. The van der Waals surface area contributed by atoms with Gasteiger partial charge in [0.1, 0.15) is 17.3 Å². The molecule has 0 spiro atoms. The molecule has 3 aromatic rings. The lowest BCUT2D eigenvalue weighted by Crippen LogP contribution is -2.55. The highest BCUT2D eigenvalue weighted by molar-refractivity contribution is 5.95. The number of hydrogen-bond acceptors (Lipinski definition) is 6. The standard InChI is InChI=1S/C28H36N4O4/c1-6-12-32-26(29-24-11-9-8-10-23(24)28(32)34)25(7-2)30-13-14-31(19(3)18-30)27(33)20-15-21(35-4)17-22(16-20)36-5/h8-11,15-17,19,25H,6-7,12-14,18H2,1-5H3. The van der Waals surface area contributed by atoms with Crippen LogP contribution < -0.4 is 15.0 Å². The highest BCUT2D eigenvalue weighted by atomic mass is 16.5. The Bertz CT molecular complexity index is 1270. The van der Waals surface area contributed by atoms with E-state index in [1.54, 1.807) is 32.4 Å². The van der Waals surface area contributed by atoms with Gasteiger partial charge in [-0.05, 0) is 44.0 Å². The maximum absolute atomic E-state index is 13.4. The Morgan fingerprint density at radius 2 is 1.78 bits per heavy atom. The minimum absolute atomic E-state index is 0.00882. The SMILES string of the molecule is CCCn1c(C(CC)N2CCN(C(=O)c3cc(OC)cc(OC)c3)C(C)C2)nc2ccccc2c1=O. The lowest BCUT2D eigenvalue weighted by molar-refractivity contribution is 0.0360. The van der Waals surface area contributed by atoms with Crippen LogP contribution in [0.2, 0.25) is 0 Å². The number of carbonyl (C=O) groups is 1. The third kappa shape index (κ3) is 4.95. The molecule has 1 fully saturated rings. The molecule has 2 aromatic carbocycles. The lowest BCUT2D eigenvalue weighted by atomic mass is 10.1. The van der Waals surface area contributed by atoms with E-state index in [9.17, 15) is 9.59 Å². The van der Waals surface area contributed by atoms with E-state index in [4.69, 9.17) is 14.5 Å². The van der Waals surface area contributed by atoms with Crippen LogP contribution in [-0.2, 0) is 6.54 Å². The first-order valence-electron chi connectivity index (χ1n) is 12.7. The Hall–Kier alpha value is -3.39. The van der Waals surface area contributed by atoms with Gasteiger partial charge < -0.3 is 14.4 Å². The van der Waals surface area contributed by atoms with E-state index in [1.165, 1.54) is 0 Å². The third-order valence-electron chi connectivity index (χ3n) is 6.98. The molecule has 0 aliphatic carbocycles. The quantitative estimate of drug-likeness (QED) is 0.471. The van der Waals surface area contributed by atoms with Gasteiger partial charge in [0, 0.05) is 43.9 Å². The highest BCUT2D eigenvalue weighted by Gasteiger charge is 2.33. The average Bonchev–Trinajstić information content (AvgIpc) is 2.90. The fourth-order valence-corrected chi connectivity index (χ4v) is 5.15. The van der Waals surface area contributed by atoms with Gasteiger partial charge in [-0.2, -0.15) is 0 Å². The second kappa shape index (κ2) is 11.1. The van der Waals surface area contributed by atoms with Gasteiger partial charge in [0.05, 0.1) is 31.2 Å². The molecule has 192 valence electrons. The topological polar surface area (TPSA) is 76.9 Å². The predicted octanol–water partition coefficient (Wildman–Crippen LogP) is 4.12. The number of rotatable bonds is 8.